The number of carbonyl (C=O) groups excluding carboxylic acids is 1. The van der Waals surface area contributed by atoms with Gasteiger partial charge in [0.15, 0.2) is 0 Å². The molecule has 1 aliphatic rings. The Bertz CT molecular complexity index is 462. The normalized spacial score (nSPS) is 19.3. The van der Waals surface area contributed by atoms with E-state index in [1.807, 2.05) is 6.07 Å². The SMILES string of the molecule is CCC1COCCN1c1cc(C(=O)NC)ccc1N. The molecule has 1 heterocycles. The van der Waals surface area contributed by atoms with Gasteiger partial charge in [-0.2, -0.15) is 0 Å². The summed E-state index contributed by atoms with van der Waals surface area (Å²) in [4.78, 5) is 14.0. The van der Waals surface area contributed by atoms with Crippen molar-refractivity contribution in [3.8, 4) is 0 Å². The quantitative estimate of drug-likeness (QED) is 0.805. The van der Waals surface area contributed by atoms with Crippen LogP contribution >= 0.6 is 0 Å². The van der Waals surface area contributed by atoms with E-state index >= 15 is 0 Å². The number of carbonyl (C=O) groups is 1. The molecule has 1 fully saturated rings. The Kier molecular flexibility index (Phi) is 4.27. The highest BCUT2D eigenvalue weighted by atomic mass is 16.5. The van der Waals surface area contributed by atoms with Crippen molar-refractivity contribution in [2.24, 2.45) is 0 Å². The minimum absolute atomic E-state index is 0.0949. The molecular formula is C14H21N3O2. The predicted molar refractivity (Wildman–Crippen MR) is 76.5 cm³/mol. The van der Waals surface area contributed by atoms with E-state index in [1.165, 1.54) is 0 Å². The van der Waals surface area contributed by atoms with Gasteiger partial charge in [-0.25, -0.2) is 0 Å². The fourth-order valence-corrected chi connectivity index (χ4v) is 2.39. The Labute approximate surface area is 113 Å². The smallest absolute Gasteiger partial charge is 0.251 e. The van der Waals surface area contributed by atoms with Crippen molar-refractivity contribution in [1.82, 2.24) is 5.32 Å². The molecule has 104 valence electrons. The first kappa shape index (κ1) is 13.7. The van der Waals surface area contributed by atoms with E-state index in [1.54, 1.807) is 19.2 Å². The van der Waals surface area contributed by atoms with Gasteiger partial charge in [0.2, 0.25) is 0 Å². The molecule has 0 aromatic heterocycles. The summed E-state index contributed by atoms with van der Waals surface area (Å²) in [5, 5.41) is 2.63. The van der Waals surface area contributed by atoms with E-state index in [4.69, 9.17) is 10.5 Å². The summed E-state index contributed by atoms with van der Waals surface area (Å²) in [5.74, 6) is -0.0949. The van der Waals surface area contributed by atoms with Gasteiger partial charge >= 0.3 is 0 Å². The highest BCUT2D eigenvalue weighted by Gasteiger charge is 2.23. The monoisotopic (exact) mass is 263 g/mol. The number of hydrogen-bond acceptors (Lipinski definition) is 4. The molecule has 0 bridgehead atoms. The summed E-state index contributed by atoms with van der Waals surface area (Å²) < 4.78 is 5.50. The molecule has 3 N–H and O–H groups in total. The number of anilines is 2. The van der Waals surface area contributed by atoms with Gasteiger partial charge in [0.1, 0.15) is 0 Å². The van der Waals surface area contributed by atoms with Crippen molar-refractivity contribution in [2.75, 3.05) is 37.4 Å². The summed E-state index contributed by atoms with van der Waals surface area (Å²) in [6.45, 7) is 4.34. The van der Waals surface area contributed by atoms with Crippen molar-refractivity contribution < 1.29 is 9.53 Å². The number of amides is 1. The second kappa shape index (κ2) is 5.93. The van der Waals surface area contributed by atoms with Crippen molar-refractivity contribution in [1.29, 1.82) is 0 Å². The first-order valence-corrected chi connectivity index (χ1v) is 6.63. The topological polar surface area (TPSA) is 67.6 Å². The molecule has 0 spiro atoms. The zero-order chi connectivity index (χ0) is 13.8. The first-order valence-electron chi connectivity index (χ1n) is 6.63. The second-order valence-corrected chi connectivity index (χ2v) is 4.68. The van der Waals surface area contributed by atoms with Gasteiger partial charge < -0.3 is 20.7 Å². The van der Waals surface area contributed by atoms with Crippen LogP contribution in [0.25, 0.3) is 0 Å². The number of rotatable bonds is 3. The van der Waals surface area contributed by atoms with Crippen LogP contribution < -0.4 is 16.0 Å². The van der Waals surface area contributed by atoms with Crippen LogP contribution in [0, 0.1) is 0 Å². The minimum atomic E-state index is -0.0949. The third-order valence-electron chi connectivity index (χ3n) is 3.53. The van der Waals surface area contributed by atoms with Gasteiger partial charge in [-0.15, -0.1) is 0 Å². The fraction of sp³-hybridized carbons (Fsp3) is 0.500. The van der Waals surface area contributed by atoms with E-state index in [-0.39, 0.29) is 5.91 Å². The summed E-state index contributed by atoms with van der Waals surface area (Å²) in [6.07, 6.45) is 0.990. The maximum atomic E-state index is 11.7. The highest BCUT2D eigenvalue weighted by molar-refractivity contribution is 5.96. The number of benzene rings is 1. The lowest BCUT2D eigenvalue weighted by molar-refractivity contribution is 0.0930. The average molecular weight is 263 g/mol. The van der Waals surface area contributed by atoms with Crippen LogP contribution in [0.5, 0.6) is 0 Å². The van der Waals surface area contributed by atoms with Crippen LogP contribution in [0.1, 0.15) is 23.7 Å². The minimum Gasteiger partial charge on any atom is -0.397 e. The Balaban J connectivity index is 2.34. The number of morpholine rings is 1. The average Bonchev–Trinajstić information content (AvgIpc) is 2.47. The maximum Gasteiger partial charge on any atom is 0.251 e. The standard InChI is InChI=1S/C14H21N3O2/c1-3-11-9-19-7-6-17(11)13-8-10(14(18)16-2)4-5-12(13)15/h4-5,8,11H,3,6-7,9,15H2,1-2H3,(H,16,18). The molecule has 1 aromatic rings. The summed E-state index contributed by atoms with van der Waals surface area (Å²) in [7, 11) is 1.63. The van der Waals surface area contributed by atoms with Gasteiger partial charge in [-0.3, -0.25) is 4.79 Å². The third-order valence-corrected chi connectivity index (χ3v) is 3.53. The van der Waals surface area contributed by atoms with Gasteiger partial charge in [0.25, 0.3) is 5.91 Å². The van der Waals surface area contributed by atoms with Crippen molar-refractivity contribution in [3.63, 3.8) is 0 Å². The number of nitrogens with zero attached hydrogens (tertiary/aromatic N) is 1. The van der Waals surface area contributed by atoms with Crippen LogP contribution in [-0.4, -0.2) is 38.8 Å². The zero-order valence-corrected chi connectivity index (χ0v) is 11.5. The van der Waals surface area contributed by atoms with Crippen LogP contribution in [0.2, 0.25) is 0 Å². The lowest BCUT2D eigenvalue weighted by Gasteiger charge is -2.37. The molecule has 0 aliphatic carbocycles. The molecule has 1 atom stereocenters. The Morgan fingerprint density at radius 1 is 1.58 bits per heavy atom. The van der Waals surface area contributed by atoms with Crippen LogP contribution in [0.4, 0.5) is 11.4 Å². The van der Waals surface area contributed by atoms with Crippen LogP contribution in [-0.2, 0) is 4.74 Å². The molecule has 1 unspecified atom stereocenters. The van der Waals surface area contributed by atoms with Crippen LogP contribution in [0.15, 0.2) is 18.2 Å². The van der Waals surface area contributed by atoms with Gasteiger partial charge in [-0.05, 0) is 24.6 Å². The molecule has 2 rings (SSSR count). The summed E-state index contributed by atoms with van der Waals surface area (Å²) in [6, 6.07) is 5.72. The fourth-order valence-electron chi connectivity index (χ4n) is 2.39. The van der Waals surface area contributed by atoms with E-state index in [9.17, 15) is 4.79 Å². The van der Waals surface area contributed by atoms with Gasteiger partial charge in [-0.1, -0.05) is 6.92 Å². The zero-order valence-electron chi connectivity index (χ0n) is 11.5. The molecule has 1 aromatic carbocycles. The van der Waals surface area contributed by atoms with Crippen molar-refractivity contribution >= 4 is 17.3 Å². The molecule has 1 saturated heterocycles. The molecule has 1 amide bonds. The second-order valence-electron chi connectivity index (χ2n) is 4.68. The summed E-state index contributed by atoms with van der Waals surface area (Å²) in [5.41, 5.74) is 8.33. The maximum absolute atomic E-state index is 11.7. The molecule has 0 radical (unpaired) electrons. The van der Waals surface area contributed by atoms with E-state index in [0.717, 1.165) is 18.7 Å². The molecule has 19 heavy (non-hydrogen) atoms. The number of nitrogens with two attached hydrogens (primary N) is 1. The molecule has 5 heteroatoms. The highest BCUT2D eigenvalue weighted by Crippen LogP contribution is 2.28. The number of nitrogen functional groups attached to an aromatic ring is 1. The van der Waals surface area contributed by atoms with Crippen molar-refractivity contribution in [3.05, 3.63) is 23.8 Å². The lowest BCUT2D eigenvalue weighted by atomic mass is 10.1. The first-order chi connectivity index (χ1) is 9.17. The molecule has 5 nitrogen and oxygen atoms in total. The Morgan fingerprint density at radius 3 is 3.05 bits per heavy atom. The third kappa shape index (κ3) is 2.81. The summed E-state index contributed by atoms with van der Waals surface area (Å²) >= 11 is 0. The number of nitrogens with one attached hydrogen (secondary N) is 1. The van der Waals surface area contributed by atoms with Gasteiger partial charge in [0.05, 0.1) is 30.6 Å². The molecule has 0 saturated carbocycles. The van der Waals surface area contributed by atoms with Crippen molar-refractivity contribution in [2.45, 2.75) is 19.4 Å². The van der Waals surface area contributed by atoms with Gasteiger partial charge in [0, 0.05) is 19.2 Å². The van der Waals surface area contributed by atoms with E-state index in [2.05, 4.69) is 17.1 Å². The van der Waals surface area contributed by atoms with E-state index < -0.39 is 0 Å². The predicted octanol–water partition coefficient (Wildman–Crippen LogP) is 1.24. The Morgan fingerprint density at radius 2 is 2.37 bits per heavy atom. The number of hydrogen-bond donors (Lipinski definition) is 2. The largest absolute Gasteiger partial charge is 0.397 e. The lowest BCUT2D eigenvalue weighted by Crippen LogP contribution is -2.45. The van der Waals surface area contributed by atoms with E-state index in [0.29, 0.717) is 30.5 Å². The number of ether oxygens (including phenoxy) is 1. The van der Waals surface area contributed by atoms with Crippen LogP contribution in [0.3, 0.4) is 0 Å². The molecular weight excluding hydrogens is 242 g/mol. The molecule has 1 aliphatic heterocycles. The Hall–Kier alpha value is -1.75.